The number of amides is 1. The van der Waals surface area contributed by atoms with Crippen LogP contribution in [0, 0.1) is 11.7 Å². The fourth-order valence-electron chi connectivity index (χ4n) is 3.62. The molecular formula is C20H28N4O5S. The number of aromatic nitrogens is 3. The van der Waals surface area contributed by atoms with E-state index in [0.29, 0.717) is 10.6 Å². The average Bonchev–Trinajstić information content (AvgIpc) is 3.03. The van der Waals surface area contributed by atoms with Crippen LogP contribution in [0.4, 0.5) is 0 Å². The second kappa shape index (κ2) is 8.94. The zero-order chi connectivity index (χ0) is 22.2. The summed E-state index contributed by atoms with van der Waals surface area (Å²) in [6.07, 6.45) is -4.81. The van der Waals surface area contributed by atoms with Gasteiger partial charge in [-0.15, -0.1) is 5.10 Å². The molecule has 1 aliphatic rings. The molecule has 0 unspecified atom stereocenters. The van der Waals surface area contributed by atoms with E-state index in [2.05, 4.69) is 10.4 Å². The molecule has 0 bridgehead atoms. The monoisotopic (exact) mass is 436 g/mol. The Morgan fingerprint density at radius 1 is 1.27 bits per heavy atom. The number of carbonyl (C=O) groups is 1. The summed E-state index contributed by atoms with van der Waals surface area (Å²) in [5.41, 5.74) is 1.96. The number of aliphatic hydroxyl groups excluding tert-OH is 3. The summed E-state index contributed by atoms with van der Waals surface area (Å²) in [6, 6.07) is 6.81. The summed E-state index contributed by atoms with van der Waals surface area (Å²) in [7, 11) is 0. The minimum Gasteiger partial charge on any atom is -0.394 e. The summed E-state index contributed by atoms with van der Waals surface area (Å²) >= 11 is 5.67. The van der Waals surface area contributed by atoms with Crippen LogP contribution in [0.2, 0.25) is 0 Å². The van der Waals surface area contributed by atoms with Gasteiger partial charge in [0.1, 0.15) is 24.4 Å². The Bertz CT molecular complexity index is 955. The molecule has 1 aromatic carbocycles. The molecule has 1 amide bonds. The highest BCUT2D eigenvalue weighted by Gasteiger charge is 2.46. The molecule has 5 atom stereocenters. The van der Waals surface area contributed by atoms with Crippen molar-refractivity contribution >= 4 is 18.1 Å². The summed E-state index contributed by atoms with van der Waals surface area (Å²) in [5, 5.41) is 37.7. The van der Waals surface area contributed by atoms with Crippen molar-refractivity contribution in [2.75, 3.05) is 6.61 Å². The first-order chi connectivity index (χ1) is 14.1. The van der Waals surface area contributed by atoms with E-state index in [-0.39, 0.29) is 6.04 Å². The Hall–Kier alpha value is -2.11. The molecule has 0 aliphatic carbocycles. The zero-order valence-corrected chi connectivity index (χ0v) is 18.2. The smallest absolute Gasteiger partial charge is 0.217 e. The normalized spacial score (nSPS) is 26.7. The molecule has 30 heavy (non-hydrogen) atoms. The van der Waals surface area contributed by atoms with E-state index in [1.807, 2.05) is 49.6 Å². The van der Waals surface area contributed by atoms with E-state index in [9.17, 15) is 20.1 Å². The van der Waals surface area contributed by atoms with Gasteiger partial charge in [0.15, 0.2) is 12.1 Å². The average molecular weight is 437 g/mol. The Morgan fingerprint density at radius 3 is 2.43 bits per heavy atom. The standard InChI is InChI=1S/C20H28N4O5S/c1-10(2)23-18(13-7-5-11(3)6-8-13)22-24(20(23)30)19-15(21-12(4)26)17(28)16(27)14(9-25)29-19/h5-8,10,14-17,19,25,27-28H,9H2,1-4H3,(H,21,26)/t14-,15+,16+,17-,19-/m0/s1. The highest BCUT2D eigenvalue weighted by atomic mass is 32.1. The summed E-state index contributed by atoms with van der Waals surface area (Å²) < 4.78 is 9.46. The second-order valence-electron chi connectivity index (χ2n) is 7.84. The molecule has 9 nitrogen and oxygen atoms in total. The predicted octanol–water partition coefficient (Wildman–Crippen LogP) is 1.09. The van der Waals surface area contributed by atoms with Gasteiger partial charge >= 0.3 is 0 Å². The molecule has 3 rings (SSSR count). The first-order valence-electron chi connectivity index (χ1n) is 9.83. The van der Waals surface area contributed by atoms with Crippen LogP contribution >= 0.6 is 12.2 Å². The number of ether oxygens (including phenoxy) is 1. The highest BCUT2D eigenvalue weighted by Crippen LogP contribution is 2.31. The Morgan fingerprint density at radius 2 is 1.90 bits per heavy atom. The van der Waals surface area contributed by atoms with Gasteiger partial charge in [0, 0.05) is 18.5 Å². The van der Waals surface area contributed by atoms with E-state index in [1.54, 1.807) is 0 Å². The van der Waals surface area contributed by atoms with Crippen molar-refractivity contribution in [3.63, 3.8) is 0 Å². The lowest BCUT2D eigenvalue weighted by atomic mass is 9.96. The second-order valence-corrected chi connectivity index (χ2v) is 8.20. The lowest BCUT2D eigenvalue weighted by molar-refractivity contribution is -0.219. The highest BCUT2D eigenvalue weighted by molar-refractivity contribution is 7.71. The molecule has 1 fully saturated rings. The summed E-state index contributed by atoms with van der Waals surface area (Å²) in [6.45, 7) is 6.74. The van der Waals surface area contributed by atoms with Crippen molar-refractivity contribution in [3.8, 4) is 11.4 Å². The molecule has 4 N–H and O–H groups in total. The number of nitrogens with one attached hydrogen (secondary N) is 1. The van der Waals surface area contributed by atoms with Crippen LogP contribution < -0.4 is 5.32 Å². The number of carbonyl (C=O) groups excluding carboxylic acids is 1. The molecule has 1 aliphatic heterocycles. The van der Waals surface area contributed by atoms with Gasteiger partial charge in [0.25, 0.3) is 0 Å². The topological polar surface area (TPSA) is 122 Å². The summed E-state index contributed by atoms with van der Waals surface area (Å²) in [5.74, 6) is 0.206. The van der Waals surface area contributed by atoms with Gasteiger partial charge < -0.3 is 25.4 Å². The quantitative estimate of drug-likeness (QED) is 0.518. The van der Waals surface area contributed by atoms with Crippen LogP contribution in [0.5, 0.6) is 0 Å². The van der Waals surface area contributed by atoms with Crippen molar-refractivity contribution in [2.24, 2.45) is 0 Å². The number of nitrogens with zero attached hydrogens (tertiary/aromatic N) is 3. The molecule has 2 heterocycles. The van der Waals surface area contributed by atoms with Crippen molar-refractivity contribution in [2.45, 2.75) is 64.3 Å². The van der Waals surface area contributed by atoms with Crippen molar-refractivity contribution < 1.29 is 24.9 Å². The van der Waals surface area contributed by atoms with Gasteiger partial charge in [0.2, 0.25) is 10.7 Å². The number of benzene rings is 1. The van der Waals surface area contributed by atoms with E-state index < -0.39 is 43.1 Å². The third-order valence-corrected chi connectivity index (χ3v) is 5.55. The van der Waals surface area contributed by atoms with Gasteiger partial charge in [-0.25, -0.2) is 4.68 Å². The Balaban J connectivity index is 2.14. The van der Waals surface area contributed by atoms with E-state index in [1.165, 1.54) is 11.6 Å². The fraction of sp³-hybridized carbons (Fsp3) is 0.550. The van der Waals surface area contributed by atoms with Crippen LogP contribution in [-0.4, -0.2) is 66.5 Å². The summed E-state index contributed by atoms with van der Waals surface area (Å²) in [4.78, 5) is 11.7. The van der Waals surface area contributed by atoms with E-state index in [0.717, 1.165) is 11.1 Å². The van der Waals surface area contributed by atoms with Crippen LogP contribution in [-0.2, 0) is 9.53 Å². The number of aryl methyl sites for hydroxylation is 1. The number of aliphatic hydroxyl groups is 3. The molecule has 10 heteroatoms. The van der Waals surface area contributed by atoms with Gasteiger partial charge in [-0.05, 0) is 33.0 Å². The van der Waals surface area contributed by atoms with Crippen molar-refractivity contribution in [1.82, 2.24) is 19.7 Å². The molecule has 0 spiro atoms. The zero-order valence-electron chi connectivity index (χ0n) is 17.4. The minimum absolute atomic E-state index is 0.0190. The van der Waals surface area contributed by atoms with Gasteiger partial charge in [-0.1, -0.05) is 29.8 Å². The van der Waals surface area contributed by atoms with Gasteiger partial charge in [0.05, 0.1) is 6.61 Å². The minimum atomic E-state index is -1.38. The number of rotatable bonds is 5. The van der Waals surface area contributed by atoms with Crippen LogP contribution in [0.25, 0.3) is 11.4 Å². The molecular weight excluding hydrogens is 408 g/mol. The van der Waals surface area contributed by atoms with Crippen LogP contribution in [0.3, 0.4) is 0 Å². The molecule has 1 saturated heterocycles. The fourth-order valence-corrected chi connectivity index (χ4v) is 4.06. The van der Waals surface area contributed by atoms with E-state index >= 15 is 0 Å². The van der Waals surface area contributed by atoms with Gasteiger partial charge in [-0.3, -0.25) is 9.36 Å². The first-order valence-corrected chi connectivity index (χ1v) is 10.2. The number of hydrogen-bond acceptors (Lipinski definition) is 7. The van der Waals surface area contributed by atoms with Crippen molar-refractivity contribution in [1.29, 1.82) is 0 Å². The number of hydrogen-bond donors (Lipinski definition) is 4. The van der Waals surface area contributed by atoms with Crippen LogP contribution in [0.1, 0.15) is 38.6 Å². The molecule has 164 valence electrons. The predicted molar refractivity (Wildman–Crippen MR) is 112 cm³/mol. The SMILES string of the molecule is CC(=O)N[C@@H]1[C@H](O)[C@H](O)[C@H](CO)O[C@@H]1n1nc(-c2ccc(C)cc2)n(C(C)C)c1=S. The lowest BCUT2D eigenvalue weighted by Crippen LogP contribution is -2.62. The third-order valence-electron chi connectivity index (χ3n) is 5.17. The molecule has 1 aromatic heterocycles. The molecule has 0 radical (unpaired) electrons. The first kappa shape index (κ1) is 22.6. The maximum atomic E-state index is 11.7. The molecule has 0 saturated carbocycles. The van der Waals surface area contributed by atoms with Gasteiger partial charge in [-0.2, -0.15) is 0 Å². The lowest BCUT2D eigenvalue weighted by Gasteiger charge is -2.42. The Labute approximate surface area is 179 Å². The molecule has 2 aromatic rings. The Kier molecular flexibility index (Phi) is 6.73. The maximum absolute atomic E-state index is 11.7. The largest absolute Gasteiger partial charge is 0.394 e. The van der Waals surface area contributed by atoms with Crippen molar-refractivity contribution in [3.05, 3.63) is 34.6 Å². The van der Waals surface area contributed by atoms with E-state index in [4.69, 9.17) is 17.0 Å². The van der Waals surface area contributed by atoms with Crippen LogP contribution in [0.15, 0.2) is 24.3 Å². The third kappa shape index (κ3) is 4.19. The maximum Gasteiger partial charge on any atom is 0.217 e.